The van der Waals surface area contributed by atoms with Crippen LogP contribution in [0.4, 0.5) is 0 Å². The molecule has 2 unspecified atom stereocenters. The van der Waals surface area contributed by atoms with Crippen LogP contribution in [0.5, 0.6) is 0 Å². The molecule has 0 aromatic heterocycles. The van der Waals surface area contributed by atoms with Crippen molar-refractivity contribution in [3.63, 3.8) is 0 Å². The van der Waals surface area contributed by atoms with Crippen molar-refractivity contribution in [3.05, 3.63) is 0 Å². The van der Waals surface area contributed by atoms with E-state index in [4.69, 9.17) is 4.74 Å². The van der Waals surface area contributed by atoms with Gasteiger partial charge in [-0.1, -0.05) is 19.8 Å². The lowest BCUT2D eigenvalue weighted by atomic mass is 10.1. The third kappa shape index (κ3) is 4.17. The number of rotatable bonds is 6. The molecular weight excluding hydrogens is 262 g/mol. The van der Waals surface area contributed by atoms with Gasteiger partial charge in [-0.25, -0.2) is 8.42 Å². The van der Waals surface area contributed by atoms with Gasteiger partial charge in [-0.3, -0.25) is 0 Å². The summed E-state index contributed by atoms with van der Waals surface area (Å²) >= 11 is 0. The summed E-state index contributed by atoms with van der Waals surface area (Å²) in [6.07, 6.45) is 6.40. The van der Waals surface area contributed by atoms with Gasteiger partial charge in [-0.2, -0.15) is 0 Å². The number of hydrogen-bond donors (Lipinski definition) is 1. The summed E-state index contributed by atoms with van der Waals surface area (Å²) in [5.41, 5.74) is 0. The Balaban J connectivity index is 1.98. The smallest absolute Gasteiger partial charge is 0.157 e. The zero-order valence-corrected chi connectivity index (χ0v) is 12.8. The fraction of sp³-hybridized carbons (Fsp3) is 1.00. The maximum absolute atomic E-state index is 12.6. The van der Waals surface area contributed by atoms with E-state index in [0.717, 1.165) is 32.2 Å². The van der Waals surface area contributed by atoms with E-state index in [1.54, 1.807) is 0 Å². The second-order valence-corrected chi connectivity index (χ2v) is 8.21. The van der Waals surface area contributed by atoms with E-state index in [-0.39, 0.29) is 11.3 Å². The van der Waals surface area contributed by atoms with Crippen LogP contribution in [0.15, 0.2) is 0 Å². The highest BCUT2D eigenvalue weighted by Gasteiger charge is 2.37. The number of nitrogens with one attached hydrogen (secondary N) is 1. The molecule has 1 heterocycles. The normalized spacial score (nSPS) is 29.7. The number of ether oxygens (including phenoxy) is 1. The topological polar surface area (TPSA) is 55.4 Å². The predicted molar refractivity (Wildman–Crippen MR) is 77.1 cm³/mol. The fourth-order valence-corrected chi connectivity index (χ4v) is 5.53. The van der Waals surface area contributed by atoms with Gasteiger partial charge in [-0.05, 0) is 38.1 Å². The van der Waals surface area contributed by atoms with E-state index in [0.29, 0.717) is 24.9 Å². The molecule has 2 atom stereocenters. The first kappa shape index (κ1) is 15.3. The van der Waals surface area contributed by atoms with Gasteiger partial charge in [0.15, 0.2) is 9.84 Å². The van der Waals surface area contributed by atoms with Crippen LogP contribution < -0.4 is 5.32 Å². The number of sulfone groups is 1. The van der Waals surface area contributed by atoms with Crippen LogP contribution in [0.1, 0.15) is 45.4 Å². The van der Waals surface area contributed by atoms with Crippen LogP contribution in [0.2, 0.25) is 0 Å². The zero-order chi connectivity index (χ0) is 13.7. The lowest BCUT2D eigenvalue weighted by molar-refractivity contribution is 0.0807. The summed E-state index contributed by atoms with van der Waals surface area (Å²) in [6, 6.07) is 0.0834. The standard InChI is InChI=1S/C14H27NO3S/c1-2-8-15-13-7-9-18-10-14(13)19(16,17)11-12-5-3-4-6-12/h12-15H,2-11H2,1H3. The van der Waals surface area contributed by atoms with Crippen LogP contribution in [-0.2, 0) is 14.6 Å². The summed E-state index contributed by atoms with van der Waals surface area (Å²) in [7, 11) is -3.03. The van der Waals surface area contributed by atoms with Gasteiger partial charge in [0.05, 0.1) is 17.6 Å². The van der Waals surface area contributed by atoms with Crippen molar-refractivity contribution in [1.29, 1.82) is 0 Å². The molecule has 0 bridgehead atoms. The molecule has 0 spiro atoms. The first-order valence-corrected chi connectivity index (χ1v) is 9.37. The van der Waals surface area contributed by atoms with Crippen molar-refractivity contribution in [2.45, 2.75) is 56.7 Å². The maximum Gasteiger partial charge on any atom is 0.157 e. The maximum atomic E-state index is 12.6. The van der Waals surface area contributed by atoms with Gasteiger partial charge in [0.1, 0.15) is 0 Å². The molecule has 5 heteroatoms. The third-order valence-electron chi connectivity index (χ3n) is 4.36. The molecule has 2 fully saturated rings. The van der Waals surface area contributed by atoms with Gasteiger partial charge >= 0.3 is 0 Å². The zero-order valence-electron chi connectivity index (χ0n) is 11.9. The second kappa shape index (κ2) is 7.04. The summed E-state index contributed by atoms with van der Waals surface area (Å²) in [6.45, 7) is 4.04. The van der Waals surface area contributed by atoms with Crippen LogP contribution in [0.3, 0.4) is 0 Å². The second-order valence-electron chi connectivity index (χ2n) is 5.94. The lowest BCUT2D eigenvalue weighted by Gasteiger charge is -2.32. The average Bonchev–Trinajstić information content (AvgIpc) is 2.88. The Kier molecular flexibility index (Phi) is 5.66. The Bertz CT molecular complexity index is 363. The molecule has 0 radical (unpaired) electrons. The third-order valence-corrected chi connectivity index (χ3v) is 6.69. The van der Waals surface area contributed by atoms with E-state index < -0.39 is 9.84 Å². The van der Waals surface area contributed by atoms with E-state index in [2.05, 4.69) is 12.2 Å². The minimum atomic E-state index is -3.03. The molecule has 2 aliphatic rings. The molecule has 1 N–H and O–H groups in total. The van der Waals surface area contributed by atoms with Crippen molar-refractivity contribution < 1.29 is 13.2 Å². The van der Waals surface area contributed by atoms with Gasteiger partial charge in [-0.15, -0.1) is 0 Å². The van der Waals surface area contributed by atoms with Crippen LogP contribution in [0.25, 0.3) is 0 Å². The molecular formula is C14H27NO3S. The highest BCUT2D eigenvalue weighted by molar-refractivity contribution is 7.92. The van der Waals surface area contributed by atoms with Gasteiger partial charge in [0, 0.05) is 12.6 Å². The minimum absolute atomic E-state index is 0.0834. The molecule has 1 aliphatic heterocycles. The Morgan fingerprint density at radius 2 is 1.95 bits per heavy atom. The minimum Gasteiger partial charge on any atom is -0.380 e. The monoisotopic (exact) mass is 289 g/mol. The first-order chi connectivity index (χ1) is 9.13. The highest BCUT2D eigenvalue weighted by atomic mass is 32.2. The van der Waals surface area contributed by atoms with E-state index in [1.807, 2.05) is 0 Å². The van der Waals surface area contributed by atoms with Crippen molar-refractivity contribution in [2.75, 3.05) is 25.5 Å². The predicted octanol–water partition coefficient (Wildman–Crippen LogP) is 1.75. The molecule has 1 saturated carbocycles. The molecule has 112 valence electrons. The van der Waals surface area contributed by atoms with Crippen molar-refractivity contribution in [1.82, 2.24) is 5.32 Å². The summed E-state index contributed by atoms with van der Waals surface area (Å²) in [4.78, 5) is 0. The Labute approximate surface area is 117 Å². The van der Waals surface area contributed by atoms with Crippen molar-refractivity contribution in [3.8, 4) is 0 Å². The Morgan fingerprint density at radius 3 is 2.63 bits per heavy atom. The summed E-state index contributed by atoms with van der Waals surface area (Å²) in [5, 5.41) is 3.05. The Morgan fingerprint density at radius 1 is 1.21 bits per heavy atom. The largest absolute Gasteiger partial charge is 0.380 e. The van der Waals surface area contributed by atoms with E-state index in [9.17, 15) is 8.42 Å². The Hall–Kier alpha value is -0.130. The molecule has 19 heavy (non-hydrogen) atoms. The molecule has 0 aromatic rings. The average molecular weight is 289 g/mol. The van der Waals surface area contributed by atoms with Crippen LogP contribution in [-0.4, -0.2) is 45.2 Å². The van der Waals surface area contributed by atoms with Crippen molar-refractivity contribution >= 4 is 9.84 Å². The lowest BCUT2D eigenvalue weighted by Crippen LogP contribution is -2.51. The fourth-order valence-electron chi connectivity index (χ4n) is 3.26. The highest BCUT2D eigenvalue weighted by Crippen LogP contribution is 2.28. The number of hydrogen-bond acceptors (Lipinski definition) is 4. The summed E-state index contributed by atoms with van der Waals surface area (Å²) < 4.78 is 30.6. The quantitative estimate of drug-likeness (QED) is 0.809. The molecule has 1 aliphatic carbocycles. The molecule has 0 amide bonds. The van der Waals surface area contributed by atoms with Crippen molar-refractivity contribution in [2.24, 2.45) is 5.92 Å². The van der Waals surface area contributed by atoms with E-state index in [1.165, 1.54) is 12.8 Å². The molecule has 1 saturated heterocycles. The molecule has 0 aromatic carbocycles. The van der Waals surface area contributed by atoms with Crippen LogP contribution in [0, 0.1) is 5.92 Å². The van der Waals surface area contributed by atoms with E-state index >= 15 is 0 Å². The summed E-state index contributed by atoms with van der Waals surface area (Å²) in [5.74, 6) is 0.754. The van der Waals surface area contributed by atoms with Crippen LogP contribution >= 0.6 is 0 Å². The molecule has 2 rings (SSSR count). The van der Waals surface area contributed by atoms with Gasteiger partial charge in [0.25, 0.3) is 0 Å². The van der Waals surface area contributed by atoms with Gasteiger partial charge < -0.3 is 10.1 Å². The van der Waals surface area contributed by atoms with Gasteiger partial charge in [0.2, 0.25) is 0 Å². The molecule has 4 nitrogen and oxygen atoms in total. The SMILES string of the molecule is CCCNC1CCOCC1S(=O)(=O)CC1CCCC1. The first-order valence-electron chi connectivity index (χ1n) is 7.66.